The van der Waals surface area contributed by atoms with Gasteiger partial charge in [0.05, 0.1) is 11.6 Å². The number of aromatic nitrogens is 1. The molecule has 0 aliphatic carbocycles. The molecule has 1 aromatic heterocycles. The summed E-state index contributed by atoms with van der Waals surface area (Å²) in [6.45, 7) is 0.522. The van der Waals surface area contributed by atoms with E-state index in [0.717, 1.165) is 5.56 Å². The highest BCUT2D eigenvalue weighted by atomic mass is 16.3. The van der Waals surface area contributed by atoms with E-state index in [4.69, 9.17) is 0 Å². The molecule has 3 aromatic rings. The van der Waals surface area contributed by atoms with E-state index in [0.29, 0.717) is 16.8 Å². The van der Waals surface area contributed by atoms with Crippen molar-refractivity contribution in [2.24, 2.45) is 0 Å². The predicted octanol–water partition coefficient (Wildman–Crippen LogP) is 3.68. The standard InChI is InChI=1S/C24H20N2O3/c27-21-11-9-17(10-12-21)22-16-26(24(29)18-6-2-1-3-7-18)15-19(23(22)28)14-20-8-4-5-13-25-20/h1-14,22,27H,15-16H2/b19-14-. The van der Waals surface area contributed by atoms with Crippen LogP contribution >= 0.6 is 0 Å². The van der Waals surface area contributed by atoms with E-state index in [2.05, 4.69) is 4.98 Å². The lowest BCUT2D eigenvalue weighted by Gasteiger charge is -2.34. The summed E-state index contributed by atoms with van der Waals surface area (Å²) in [7, 11) is 0. The lowest BCUT2D eigenvalue weighted by Crippen LogP contribution is -2.44. The Morgan fingerprint density at radius 1 is 1.00 bits per heavy atom. The predicted molar refractivity (Wildman–Crippen MR) is 110 cm³/mol. The van der Waals surface area contributed by atoms with E-state index in [9.17, 15) is 14.7 Å². The molecular weight excluding hydrogens is 364 g/mol. The van der Waals surface area contributed by atoms with Crippen LogP contribution in [0.2, 0.25) is 0 Å². The van der Waals surface area contributed by atoms with Crippen LogP contribution in [0.25, 0.3) is 6.08 Å². The lowest BCUT2D eigenvalue weighted by molar-refractivity contribution is -0.118. The number of carbonyl (C=O) groups excluding carboxylic acids is 2. The van der Waals surface area contributed by atoms with Gasteiger partial charge in [0, 0.05) is 30.4 Å². The summed E-state index contributed by atoms with van der Waals surface area (Å²) >= 11 is 0. The summed E-state index contributed by atoms with van der Waals surface area (Å²) in [4.78, 5) is 32.3. The Morgan fingerprint density at radius 3 is 2.41 bits per heavy atom. The van der Waals surface area contributed by atoms with Gasteiger partial charge in [-0.25, -0.2) is 0 Å². The maximum absolute atomic E-state index is 13.2. The van der Waals surface area contributed by atoms with Gasteiger partial charge in [-0.3, -0.25) is 14.6 Å². The molecule has 5 heteroatoms. The Morgan fingerprint density at radius 2 is 1.72 bits per heavy atom. The molecule has 1 aliphatic heterocycles. The third-order valence-electron chi connectivity index (χ3n) is 5.01. The fraction of sp³-hybridized carbons (Fsp3) is 0.125. The van der Waals surface area contributed by atoms with Gasteiger partial charge in [0.25, 0.3) is 5.91 Å². The van der Waals surface area contributed by atoms with Crippen LogP contribution in [0.1, 0.15) is 27.5 Å². The molecule has 144 valence electrons. The number of pyridine rings is 1. The van der Waals surface area contributed by atoms with Crippen molar-refractivity contribution in [1.29, 1.82) is 0 Å². The number of piperidine rings is 1. The first kappa shape index (κ1) is 18.6. The zero-order valence-corrected chi connectivity index (χ0v) is 15.7. The summed E-state index contributed by atoms with van der Waals surface area (Å²) in [6.07, 6.45) is 3.42. The van der Waals surface area contributed by atoms with Crippen molar-refractivity contribution in [2.45, 2.75) is 5.92 Å². The number of benzene rings is 2. The number of Topliss-reactive ketones (excluding diaryl/α,β-unsaturated/α-hetero) is 1. The molecule has 29 heavy (non-hydrogen) atoms. The van der Waals surface area contributed by atoms with E-state index in [1.165, 1.54) is 0 Å². The number of hydrogen-bond acceptors (Lipinski definition) is 4. The van der Waals surface area contributed by atoms with Crippen LogP contribution in [0.15, 0.2) is 84.6 Å². The number of rotatable bonds is 3. The minimum absolute atomic E-state index is 0.0292. The minimum atomic E-state index is -0.494. The van der Waals surface area contributed by atoms with Gasteiger partial charge < -0.3 is 10.0 Å². The van der Waals surface area contributed by atoms with Gasteiger partial charge in [0.2, 0.25) is 0 Å². The maximum Gasteiger partial charge on any atom is 0.254 e. The van der Waals surface area contributed by atoms with Crippen LogP contribution in [-0.2, 0) is 4.79 Å². The molecule has 2 aromatic carbocycles. The Kier molecular flexibility index (Phi) is 5.20. The average Bonchev–Trinajstić information content (AvgIpc) is 2.77. The van der Waals surface area contributed by atoms with Gasteiger partial charge in [0.15, 0.2) is 5.78 Å². The van der Waals surface area contributed by atoms with Crippen molar-refractivity contribution in [3.8, 4) is 5.75 Å². The molecule has 1 fully saturated rings. The third kappa shape index (κ3) is 4.09. The van der Waals surface area contributed by atoms with Gasteiger partial charge in [0.1, 0.15) is 5.75 Å². The number of aromatic hydroxyl groups is 1. The van der Waals surface area contributed by atoms with Crippen molar-refractivity contribution in [1.82, 2.24) is 9.88 Å². The van der Waals surface area contributed by atoms with Gasteiger partial charge >= 0.3 is 0 Å². The van der Waals surface area contributed by atoms with Crippen molar-refractivity contribution in [3.63, 3.8) is 0 Å². The number of phenols is 1. The average molecular weight is 384 g/mol. The largest absolute Gasteiger partial charge is 0.508 e. The van der Waals surface area contributed by atoms with E-state index >= 15 is 0 Å². The molecule has 1 atom stereocenters. The SMILES string of the molecule is O=C1/C(=C\c2ccccn2)CN(C(=O)c2ccccc2)CC1c1ccc(O)cc1. The third-order valence-corrected chi connectivity index (χ3v) is 5.01. The van der Waals surface area contributed by atoms with Crippen molar-refractivity contribution in [2.75, 3.05) is 13.1 Å². The molecule has 2 heterocycles. The molecule has 1 amide bonds. The van der Waals surface area contributed by atoms with Gasteiger partial charge in [-0.2, -0.15) is 0 Å². The van der Waals surface area contributed by atoms with E-state index in [1.807, 2.05) is 36.4 Å². The Balaban J connectivity index is 1.71. The highest BCUT2D eigenvalue weighted by Crippen LogP contribution is 2.30. The van der Waals surface area contributed by atoms with Gasteiger partial charge in [-0.1, -0.05) is 36.4 Å². The molecule has 1 aliphatic rings. The Labute approximate surface area is 169 Å². The molecule has 1 unspecified atom stereocenters. The fourth-order valence-electron chi connectivity index (χ4n) is 3.51. The quantitative estimate of drug-likeness (QED) is 0.700. The zero-order valence-electron chi connectivity index (χ0n) is 15.7. The zero-order chi connectivity index (χ0) is 20.2. The molecular formula is C24H20N2O3. The highest BCUT2D eigenvalue weighted by Gasteiger charge is 2.34. The van der Waals surface area contributed by atoms with E-state index in [1.54, 1.807) is 53.6 Å². The van der Waals surface area contributed by atoms with Gasteiger partial charge in [-0.05, 0) is 48.0 Å². The molecule has 1 saturated heterocycles. The summed E-state index contributed by atoms with van der Waals surface area (Å²) in [5, 5.41) is 9.59. The summed E-state index contributed by atoms with van der Waals surface area (Å²) in [5.41, 5.74) is 2.57. The molecule has 0 bridgehead atoms. The van der Waals surface area contributed by atoms with Crippen LogP contribution in [0.3, 0.4) is 0 Å². The molecule has 1 N–H and O–H groups in total. The normalized spacial score (nSPS) is 18.1. The van der Waals surface area contributed by atoms with Crippen LogP contribution in [0.5, 0.6) is 5.75 Å². The van der Waals surface area contributed by atoms with Crippen LogP contribution in [-0.4, -0.2) is 39.8 Å². The first-order valence-electron chi connectivity index (χ1n) is 9.41. The van der Waals surface area contributed by atoms with Crippen LogP contribution < -0.4 is 0 Å². The smallest absolute Gasteiger partial charge is 0.254 e. The fourth-order valence-corrected chi connectivity index (χ4v) is 3.51. The van der Waals surface area contributed by atoms with Gasteiger partial charge in [-0.15, -0.1) is 0 Å². The first-order valence-corrected chi connectivity index (χ1v) is 9.41. The number of ketones is 1. The number of likely N-dealkylation sites (tertiary alicyclic amines) is 1. The maximum atomic E-state index is 13.2. The number of amides is 1. The molecule has 5 nitrogen and oxygen atoms in total. The van der Waals surface area contributed by atoms with Crippen molar-refractivity contribution >= 4 is 17.8 Å². The number of nitrogens with zero attached hydrogens (tertiary/aromatic N) is 2. The number of hydrogen-bond donors (Lipinski definition) is 1. The minimum Gasteiger partial charge on any atom is -0.508 e. The van der Waals surface area contributed by atoms with Crippen molar-refractivity contribution in [3.05, 3.63) is 101 Å². The monoisotopic (exact) mass is 384 g/mol. The second kappa shape index (κ2) is 8.10. The number of carbonyl (C=O) groups is 2. The summed E-state index contributed by atoms with van der Waals surface area (Å²) in [6, 6.07) is 21.1. The second-order valence-electron chi connectivity index (χ2n) is 6.98. The Bertz CT molecular complexity index is 1040. The molecule has 4 rings (SSSR count). The van der Waals surface area contributed by atoms with Crippen LogP contribution in [0, 0.1) is 0 Å². The highest BCUT2D eigenvalue weighted by molar-refractivity contribution is 6.07. The first-order chi connectivity index (χ1) is 14.1. The molecule has 0 spiro atoms. The second-order valence-corrected chi connectivity index (χ2v) is 6.98. The van der Waals surface area contributed by atoms with E-state index < -0.39 is 5.92 Å². The summed E-state index contributed by atoms with van der Waals surface area (Å²) in [5.74, 6) is -0.502. The van der Waals surface area contributed by atoms with E-state index in [-0.39, 0.29) is 30.5 Å². The Hall–Kier alpha value is -3.73. The lowest BCUT2D eigenvalue weighted by atomic mass is 9.85. The molecule has 0 radical (unpaired) electrons. The number of phenolic OH excluding ortho intramolecular Hbond substituents is 1. The van der Waals surface area contributed by atoms with Crippen LogP contribution in [0.4, 0.5) is 0 Å². The topological polar surface area (TPSA) is 70.5 Å². The summed E-state index contributed by atoms with van der Waals surface area (Å²) < 4.78 is 0. The molecule has 0 saturated carbocycles. The van der Waals surface area contributed by atoms with Crippen molar-refractivity contribution < 1.29 is 14.7 Å².